The van der Waals surface area contributed by atoms with Gasteiger partial charge in [-0.1, -0.05) is 6.07 Å². The summed E-state index contributed by atoms with van der Waals surface area (Å²) in [6.45, 7) is 11.7. The molecule has 1 fully saturated rings. The lowest BCUT2D eigenvalue weighted by molar-refractivity contribution is 0.0218. The van der Waals surface area contributed by atoms with Gasteiger partial charge in [0.1, 0.15) is 11.3 Å². The van der Waals surface area contributed by atoms with Crippen LogP contribution in [-0.2, 0) is 16.5 Å². The molecular formula is C31H37N7O5S. The molecule has 6 rings (SSSR count). The van der Waals surface area contributed by atoms with Crippen molar-refractivity contribution in [3.05, 3.63) is 42.7 Å². The van der Waals surface area contributed by atoms with Crippen LogP contribution in [0.2, 0.25) is 0 Å². The predicted octanol–water partition coefficient (Wildman–Crippen LogP) is 5.59. The Labute approximate surface area is 259 Å². The number of thiophene rings is 1. The highest BCUT2D eigenvalue weighted by molar-refractivity contribution is 7.22. The Morgan fingerprint density at radius 1 is 1.14 bits per heavy atom. The van der Waals surface area contributed by atoms with E-state index in [0.717, 1.165) is 53.7 Å². The lowest BCUT2D eigenvalue weighted by Gasteiger charge is -2.34. The van der Waals surface area contributed by atoms with Crippen LogP contribution < -0.4 is 4.90 Å². The van der Waals surface area contributed by atoms with Gasteiger partial charge in [-0.25, -0.2) is 14.2 Å². The topological polar surface area (TPSA) is 120 Å². The second kappa shape index (κ2) is 11.4. The van der Waals surface area contributed by atoms with Crippen LogP contribution in [0.15, 0.2) is 42.7 Å². The Bertz CT molecular complexity index is 1850. The molecule has 0 spiro atoms. The zero-order valence-electron chi connectivity index (χ0n) is 25.8. The van der Waals surface area contributed by atoms with Gasteiger partial charge in [0.2, 0.25) is 0 Å². The van der Waals surface area contributed by atoms with Crippen molar-refractivity contribution in [2.45, 2.75) is 39.3 Å². The minimum atomic E-state index is -1.13. The number of likely N-dealkylation sites (N-methyl/N-ethyl adjacent to an activating group) is 1. The van der Waals surface area contributed by atoms with E-state index < -0.39 is 17.8 Å². The van der Waals surface area contributed by atoms with Crippen molar-refractivity contribution in [3.8, 4) is 22.5 Å². The Hall–Kier alpha value is -4.20. The van der Waals surface area contributed by atoms with Crippen LogP contribution in [0.25, 0.3) is 43.6 Å². The van der Waals surface area contributed by atoms with E-state index in [2.05, 4.69) is 26.9 Å². The number of aromatic nitrogens is 5. The molecule has 1 aromatic carbocycles. The fraction of sp³-hybridized carbons (Fsp3) is 0.419. The highest BCUT2D eigenvalue weighted by Crippen LogP contribution is 2.40. The van der Waals surface area contributed by atoms with Crippen molar-refractivity contribution < 1.29 is 24.2 Å². The van der Waals surface area contributed by atoms with Crippen molar-refractivity contribution >= 4 is 49.6 Å². The number of anilines is 1. The van der Waals surface area contributed by atoms with Crippen LogP contribution in [0.4, 0.5) is 14.6 Å². The smallest absolute Gasteiger partial charge is 0.435 e. The summed E-state index contributed by atoms with van der Waals surface area (Å²) in [6.07, 6.45) is 1.85. The fourth-order valence-corrected chi connectivity index (χ4v) is 6.72. The molecule has 12 nitrogen and oxygen atoms in total. The van der Waals surface area contributed by atoms with E-state index in [4.69, 9.17) is 9.47 Å². The fourth-order valence-electron chi connectivity index (χ4n) is 5.67. The molecule has 44 heavy (non-hydrogen) atoms. The number of fused-ring (bicyclic) bond motifs is 2. The first-order valence-corrected chi connectivity index (χ1v) is 15.4. The lowest BCUT2D eigenvalue weighted by atomic mass is 10.1. The number of morpholine rings is 1. The summed E-state index contributed by atoms with van der Waals surface area (Å²) < 4.78 is 16.2. The number of carboxylic acid groups (broad SMARTS) is 1. The lowest BCUT2D eigenvalue weighted by Crippen LogP contribution is -2.46. The van der Waals surface area contributed by atoms with E-state index in [1.54, 1.807) is 31.6 Å². The van der Waals surface area contributed by atoms with E-state index in [1.807, 2.05) is 50.6 Å². The number of carbonyl (C=O) groups excluding carboxylic acids is 1. The summed E-state index contributed by atoms with van der Waals surface area (Å²) in [7, 11) is 3.87. The van der Waals surface area contributed by atoms with E-state index in [9.17, 15) is 14.7 Å². The molecule has 0 amide bonds. The van der Waals surface area contributed by atoms with Gasteiger partial charge in [0, 0.05) is 56.9 Å². The van der Waals surface area contributed by atoms with Gasteiger partial charge in [-0.3, -0.25) is 9.58 Å². The molecule has 232 valence electrons. The van der Waals surface area contributed by atoms with Gasteiger partial charge in [0.25, 0.3) is 0 Å². The first-order valence-electron chi connectivity index (χ1n) is 14.6. The second-order valence-corrected chi connectivity index (χ2v) is 13.3. The number of benzene rings is 1. The molecule has 13 heteroatoms. The maximum Gasteiger partial charge on any atom is 0.435 e. The molecule has 4 aromatic heterocycles. The van der Waals surface area contributed by atoms with Gasteiger partial charge in [-0.2, -0.15) is 14.9 Å². The van der Waals surface area contributed by atoms with Crippen molar-refractivity contribution in [1.29, 1.82) is 0 Å². The van der Waals surface area contributed by atoms with Crippen LogP contribution in [0.1, 0.15) is 27.7 Å². The molecule has 0 saturated carbocycles. The Morgan fingerprint density at radius 3 is 2.55 bits per heavy atom. The molecule has 0 bridgehead atoms. The Balaban J connectivity index is 1.42. The van der Waals surface area contributed by atoms with Crippen LogP contribution in [0.5, 0.6) is 0 Å². The monoisotopic (exact) mass is 619 g/mol. The van der Waals surface area contributed by atoms with Gasteiger partial charge >= 0.3 is 12.2 Å². The quantitative estimate of drug-likeness (QED) is 0.260. The van der Waals surface area contributed by atoms with Gasteiger partial charge < -0.3 is 19.5 Å². The summed E-state index contributed by atoms with van der Waals surface area (Å²) in [6, 6.07) is 9.71. The molecule has 0 aliphatic carbocycles. The maximum atomic E-state index is 13.4. The Kier molecular flexibility index (Phi) is 7.72. The maximum absolute atomic E-state index is 13.4. The first kappa shape index (κ1) is 29.9. The van der Waals surface area contributed by atoms with Crippen LogP contribution >= 0.6 is 11.3 Å². The van der Waals surface area contributed by atoms with Crippen molar-refractivity contribution in [1.82, 2.24) is 29.0 Å². The number of hydrogen-bond donors (Lipinski definition) is 1. The summed E-state index contributed by atoms with van der Waals surface area (Å²) in [5, 5.41) is 20.9. The minimum absolute atomic E-state index is 0.322. The number of ether oxygens (including phenoxy) is 2. The van der Waals surface area contributed by atoms with Crippen molar-refractivity contribution in [3.63, 3.8) is 0 Å². The summed E-state index contributed by atoms with van der Waals surface area (Å²) in [5.41, 5.74) is 2.82. The zero-order chi connectivity index (χ0) is 31.3. The van der Waals surface area contributed by atoms with Gasteiger partial charge in [-0.05, 0) is 57.5 Å². The standard InChI is InChI=1S/C31H37N7O5S/c1-19(36-9-11-42-12-10-36)17-34(5)27-15-24-26(44-27)14-25(37(24)29(39)40)28-22-8-7-20(21-16-32-35(6)18-21)13-23(22)38(33-28)30(41)43-31(2,3)4/h7-8,13-16,18-19H,9-12,17H2,1-6H3,(H,39,40). The van der Waals surface area contributed by atoms with Crippen LogP contribution in [0.3, 0.4) is 0 Å². The van der Waals surface area contributed by atoms with Crippen LogP contribution in [-0.4, -0.2) is 97.9 Å². The molecule has 1 aliphatic heterocycles. The number of nitrogens with zero attached hydrogens (tertiary/aromatic N) is 7. The first-order chi connectivity index (χ1) is 20.9. The zero-order valence-corrected chi connectivity index (χ0v) is 26.6. The summed E-state index contributed by atoms with van der Waals surface area (Å²) >= 11 is 1.53. The normalized spacial score (nSPS) is 15.2. The average Bonchev–Trinajstić information content (AvgIpc) is 3.73. The van der Waals surface area contributed by atoms with Crippen molar-refractivity contribution in [2.24, 2.45) is 7.05 Å². The third-order valence-electron chi connectivity index (χ3n) is 7.78. The third-order valence-corrected chi connectivity index (χ3v) is 8.97. The van der Waals surface area contributed by atoms with Crippen LogP contribution in [0, 0.1) is 0 Å². The molecule has 0 radical (unpaired) electrons. The minimum Gasteiger partial charge on any atom is -0.464 e. The molecule has 5 aromatic rings. The van der Waals surface area contributed by atoms with E-state index >= 15 is 0 Å². The van der Waals surface area contributed by atoms with E-state index in [-0.39, 0.29) is 0 Å². The van der Waals surface area contributed by atoms with Gasteiger partial charge in [-0.15, -0.1) is 11.3 Å². The highest BCUT2D eigenvalue weighted by Gasteiger charge is 2.28. The predicted molar refractivity (Wildman–Crippen MR) is 171 cm³/mol. The number of rotatable bonds is 6. The number of aryl methyl sites for hydroxylation is 1. The molecule has 1 saturated heterocycles. The largest absolute Gasteiger partial charge is 0.464 e. The molecule has 1 atom stereocenters. The SMILES string of the molecule is CC(CN(C)c1cc2c(cc(-c3nn(C(=O)OC(C)(C)C)c4cc(-c5cnn(C)c5)ccc34)n2C(=O)O)s1)N1CCOCC1. The van der Waals surface area contributed by atoms with Gasteiger partial charge in [0.15, 0.2) is 0 Å². The highest BCUT2D eigenvalue weighted by atomic mass is 32.1. The van der Waals surface area contributed by atoms with Crippen molar-refractivity contribution in [2.75, 3.05) is 44.8 Å². The van der Waals surface area contributed by atoms with Gasteiger partial charge in [0.05, 0.1) is 45.8 Å². The third kappa shape index (κ3) is 5.70. The molecule has 1 aliphatic rings. The molecule has 1 unspecified atom stereocenters. The number of carbonyl (C=O) groups is 2. The molecule has 1 N–H and O–H groups in total. The van der Waals surface area contributed by atoms with E-state index in [0.29, 0.717) is 33.8 Å². The Morgan fingerprint density at radius 2 is 1.89 bits per heavy atom. The molecule has 5 heterocycles. The summed E-state index contributed by atoms with van der Waals surface area (Å²) in [5.74, 6) is 0. The summed E-state index contributed by atoms with van der Waals surface area (Å²) in [4.78, 5) is 30.7. The second-order valence-electron chi connectivity index (χ2n) is 12.2. The number of hydrogen-bond acceptors (Lipinski definition) is 9. The average molecular weight is 620 g/mol. The van der Waals surface area contributed by atoms with E-state index in [1.165, 1.54) is 20.6 Å². The molecular weight excluding hydrogens is 582 g/mol.